The predicted molar refractivity (Wildman–Crippen MR) is 79.3 cm³/mol. The van der Waals surface area contributed by atoms with E-state index in [1.807, 2.05) is 25.5 Å². The first-order chi connectivity index (χ1) is 9.51. The number of nitrogens with zero attached hydrogens (tertiary/aromatic N) is 2. The van der Waals surface area contributed by atoms with E-state index in [2.05, 4.69) is 15.2 Å². The second-order valence-corrected chi connectivity index (χ2v) is 6.40. The summed E-state index contributed by atoms with van der Waals surface area (Å²) in [6.07, 6.45) is 0.492. The van der Waals surface area contributed by atoms with E-state index in [4.69, 9.17) is 5.84 Å². The van der Waals surface area contributed by atoms with Crippen LogP contribution in [0.2, 0.25) is 0 Å². The number of hydrazine groups is 1. The van der Waals surface area contributed by atoms with E-state index in [0.29, 0.717) is 24.0 Å². The van der Waals surface area contributed by atoms with Crippen LogP contribution in [-0.2, 0) is 6.54 Å². The molecule has 0 saturated carbocycles. The van der Waals surface area contributed by atoms with Crippen LogP contribution < -0.4 is 11.3 Å². The molecule has 20 heavy (non-hydrogen) atoms. The van der Waals surface area contributed by atoms with Crippen molar-refractivity contribution >= 4 is 17.2 Å². The van der Waals surface area contributed by atoms with Crippen LogP contribution in [0.5, 0.6) is 0 Å². The van der Waals surface area contributed by atoms with Crippen molar-refractivity contribution in [1.82, 2.24) is 15.2 Å². The zero-order valence-electron chi connectivity index (χ0n) is 11.9. The van der Waals surface area contributed by atoms with Crippen molar-refractivity contribution < 1.29 is 9.90 Å². The Morgan fingerprint density at radius 3 is 3.05 bits per heavy atom. The van der Waals surface area contributed by atoms with Gasteiger partial charge in [-0.25, -0.2) is 5.84 Å². The fraction of sp³-hybridized carbons (Fsp3) is 0.615. The molecule has 112 valence electrons. The second-order valence-electron chi connectivity index (χ2n) is 5.48. The first-order valence-corrected chi connectivity index (χ1v) is 7.53. The highest BCUT2D eigenvalue weighted by Gasteiger charge is 2.31. The third kappa shape index (κ3) is 3.56. The molecule has 1 aliphatic heterocycles. The summed E-state index contributed by atoms with van der Waals surface area (Å²) >= 11 is 1.39. The molecule has 2 heterocycles. The van der Waals surface area contributed by atoms with Gasteiger partial charge in [0.1, 0.15) is 0 Å². The number of β-amino-alcohol motifs (C(OH)–C–C–N with tert-alkyl or cyclic N) is 1. The molecule has 1 aliphatic rings. The number of amides is 1. The molecular weight excluding hydrogens is 276 g/mol. The van der Waals surface area contributed by atoms with Crippen molar-refractivity contribution in [2.24, 2.45) is 5.84 Å². The van der Waals surface area contributed by atoms with Crippen LogP contribution in [0.4, 0.5) is 0 Å². The van der Waals surface area contributed by atoms with Crippen LogP contribution in [0.15, 0.2) is 11.4 Å². The summed E-state index contributed by atoms with van der Waals surface area (Å²) < 4.78 is 0. The van der Waals surface area contributed by atoms with Crippen LogP contribution in [-0.4, -0.2) is 60.1 Å². The number of thiophene rings is 1. The van der Waals surface area contributed by atoms with Crippen molar-refractivity contribution in [3.8, 4) is 0 Å². The molecular formula is C13H22N4O2S. The number of aliphatic hydroxyl groups is 1. The van der Waals surface area contributed by atoms with Gasteiger partial charge in [-0.1, -0.05) is 0 Å². The Labute approximate surface area is 123 Å². The van der Waals surface area contributed by atoms with Crippen LogP contribution in [0, 0.1) is 0 Å². The van der Waals surface area contributed by atoms with Gasteiger partial charge in [0.2, 0.25) is 0 Å². The van der Waals surface area contributed by atoms with E-state index < -0.39 is 0 Å². The van der Waals surface area contributed by atoms with Gasteiger partial charge in [-0.05, 0) is 37.5 Å². The molecule has 0 radical (unpaired) electrons. The van der Waals surface area contributed by atoms with Crippen molar-refractivity contribution in [1.29, 1.82) is 0 Å². The fourth-order valence-corrected chi connectivity index (χ4v) is 3.52. The topological polar surface area (TPSA) is 81.8 Å². The van der Waals surface area contributed by atoms with E-state index in [0.717, 1.165) is 18.5 Å². The monoisotopic (exact) mass is 298 g/mol. The number of carbonyl (C=O) groups excluding carboxylic acids is 1. The number of nitrogen functional groups attached to an aromatic ring is 1. The normalized spacial score (nSPS) is 23.4. The Bertz CT molecular complexity index is 463. The Morgan fingerprint density at radius 1 is 1.65 bits per heavy atom. The molecule has 0 spiro atoms. The molecule has 1 aromatic rings. The van der Waals surface area contributed by atoms with Crippen molar-refractivity contribution in [3.63, 3.8) is 0 Å². The zero-order valence-corrected chi connectivity index (χ0v) is 12.7. The number of nitrogens with one attached hydrogen (secondary N) is 1. The molecule has 4 N–H and O–H groups in total. The van der Waals surface area contributed by atoms with Gasteiger partial charge in [-0.3, -0.25) is 15.1 Å². The number of hydrogen-bond acceptors (Lipinski definition) is 6. The summed E-state index contributed by atoms with van der Waals surface area (Å²) in [7, 11) is 4.06. The smallest absolute Gasteiger partial charge is 0.275 e. The van der Waals surface area contributed by atoms with Gasteiger partial charge in [-0.2, -0.15) is 0 Å². The Kier molecular flexibility index (Phi) is 5.11. The summed E-state index contributed by atoms with van der Waals surface area (Å²) in [6.45, 7) is 2.22. The first-order valence-electron chi connectivity index (χ1n) is 6.65. The molecule has 2 atom stereocenters. The first kappa shape index (κ1) is 15.4. The second kappa shape index (κ2) is 6.64. The molecule has 1 aromatic heterocycles. The Balaban J connectivity index is 2.08. The maximum atomic E-state index is 11.7. The molecule has 1 fully saturated rings. The highest BCUT2D eigenvalue weighted by Crippen LogP contribution is 2.24. The summed E-state index contributed by atoms with van der Waals surface area (Å²) in [5.41, 5.74) is 3.15. The van der Waals surface area contributed by atoms with Gasteiger partial charge >= 0.3 is 0 Å². The molecule has 2 rings (SSSR count). The summed E-state index contributed by atoms with van der Waals surface area (Å²) in [5.74, 6) is 4.95. The number of nitrogens with two attached hydrogens (primary N) is 1. The standard InChI is InChI=1S/C13H22N4O2S/c1-16(2)7-10-5-11(18)8-17(10)6-9-3-4-20-12(9)13(19)15-14/h3-4,10-11,18H,5-8,14H2,1-2H3,(H,15,19). The van der Waals surface area contributed by atoms with Gasteiger partial charge < -0.3 is 10.0 Å². The lowest BCUT2D eigenvalue weighted by Crippen LogP contribution is -2.37. The minimum Gasteiger partial charge on any atom is -0.392 e. The van der Waals surface area contributed by atoms with E-state index in [1.165, 1.54) is 11.3 Å². The molecule has 2 unspecified atom stereocenters. The number of rotatable bonds is 5. The lowest BCUT2D eigenvalue weighted by Gasteiger charge is -2.26. The lowest BCUT2D eigenvalue weighted by atomic mass is 10.1. The predicted octanol–water partition coefficient (Wildman–Crippen LogP) is -0.152. The van der Waals surface area contributed by atoms with Crippen molar-refractivity contribution in [3.05, 3.63) is 21.9 Å². The highest BCUT2D eigenvalue weighted by molar-refractivity contribution is 7.12. The van der Waals surface area contributed by atoms with Crippen LogP contribution >= 0.6 is 11.3 Å². The molecule has 1 saturated heterocycles. The van der Waals surface area contributed by atoms with Crippen LogP contribution in [0.25, 0.3) is 0 Å². The van der Waals surface area contributed by atoms with E-state index in [9.17, 15) is 9.90 Å². The maximum absolute atomic E-state index is 11.7. The van der Waals surface area contributed by atoms with E-state index in [-0.39, 0.29) is 12.0 Å². The average Bonchev–Trinajstić information content (AvgIpc) is 2.96. The highest BCUT2D eigenvalue weighted by atomic mass is 32.1. The van der Waals surface area contributed by atoms with Gasteiger partial charge in [0, 0.05) is 25.7 Å². The van der Waals surface area contributed by atoms with Crippen molar-refractivity contribution in [2.45, 2.75) is 25.1 Å². The number of likely N-dealkylation sites (N-methyl/N-ethyl adjacent to an activating group) is 1. The van der Waals surface area contributed by atoms with Gasteiger partial charge in [0.25, 0.3) is 5.91 Å². The lowest BCUT2D eigenvalue weighted by molar-refractivity contribution is 0.0955. The molecule has 7 heteroatoms. The van der Waals surface area contributed by atoms with E-state index >= 15 is 0 Å². The van der Waals surface area contributed by atoms with E-state index in [1.54, 1.807) is 0 Å². The summed E-state index contributed by atoms with van der Waals surface area (Å²) in [4.78, 5) is 16.7. The molecule has 6 nitrogen and oxygen atoms in total. The third-order valence-corrected chi connectivity index (χ3v) is 4.49. The van der Waals surface area contributed by atoms with Crippen molar-refractivity contribution in [2.75, 3.05) is 27.2 Å². The minimum atomic E-state index is -0.287. The number of carbonyl (C=O) groups is 1. The SMILES string of the molecule is CN(C)CC1CC(O)CN1Cc1ccsc1C(=O)NN. The third-order valence-electron chi connectivity index (χ3n) is 3.54. The fourth-order valence-electron chi connectivity index (χ4n) is 2.71. The largest absolute Gasteiger partial charge is 0.392 e. The summed E-state index contributed by atoms with van der Waals surface area (Å²) in [6, 6.07) is 2.26. The van der Waals surface area contributed by atoms with Crippen LogP contribution in [0.3, 0.4) is 0 Å². The number of likely N-dealkylation sites (tertiary alicyclic amines) is 1. The van der Waals surface area contributed by atoms with Crippen LogP contribution in [0.1, 0.15) is 21.7 Å². The number of hydrogen-bond donors (Lipinski definition) is 3. The minimum absolute atomic E-state index is 0.251. The summed E-state index contributed by atoms with van der Waals surface area (Å²) in [5, 5.41) is 11.8. The molecule has 1 amide bonds. The number of aliphatic hydroxyl groups excluding tert-OH is 1. The zero-order chi connectivity index (χ0) is 14.7. The Morgan fingerprint density at radius 2 is 2.40 bits per heavy atom. The molecule has 0 bridgehead atoms. The van der Waals surface area contributed by atoms with Gasteiger partial charge in [-0.15, -0.1) is 11.3 Å². The Hall–Kier alpha value is -0.990. The average molecular weight is 298 g/mol. The van der Waals surface area contributed by atoms with Gasteiger partial charge in [0.15, 0.2) is 0 Å². The molecule has 0 aromatic carbocycles. The van der Waals surface area contributed by atoms with Gasteiger partial charge in [0.05, 0.1) is 11.0 Å². The quantitative estimate of drug-likeness (QED) is 0.400. The maximum Gasteiger partial charge on any atom is 0.275 e. The molecule has 0 aliphatic carbocycles.